The summed E-state index contributed by atoms with van der Waals surface area (Å²) in [6.07, 6.45) is -0.0704. The molecule has 1 fully saturated rings. The standard InChI is InChI=1S/C8H13F2IO/c1-8(7(9)10)4-2-3-6(5-11)12-8/h6-7H,2-5H2,1H3. The van der Waals surface area contributed by atoms with Crippen molar-refractivity contribution in [3.63, 3.8) is 0 Å². The second kappa shape index (κ2) is 4.17. The Bertz CT molecular complexity index is 154. The second-order valence-corrected chi connectivity index (χ2v) is 4.28. The molecule has 1 saturated heterocycles. The summed E-state index contributed by atoms with van der Waals surface area (Å²) in [7, 11) is 0. The molecular formula is C8H13F2IO. The van der Waals surface area contributed by atoms with Crippen LogP contribution in [0.1, 0.15) is 26.2 Å². The number of alkyl halides is 3. The highest BCUT2D eigenvalue weighted by atomic mass is 127. The molecule has 0 amide bonds. The second-order valence-electron chi connectivity index (χ2n) is 3.40. The van der Waals surface area contributed by atoms with Crippen LogP contribution in [0.2, 0.25) is 0 Å². The van der Waals surface area contributed by atoms with E-state index in [2.05, 4.69) is 22.6 Å². The van der Waals surface area contributed by atoms with Crippen LogP contribution < -0.4 is 0 Å². The van der Waals surface area contributed by atoms with Crippen molar-refractivity contribution in [2.45, 2.75) is 44.3 Å². The van der Waals surface area contributed by atoms with Crippen molar-refractivity contribution in [1.29, 1.82) is 0 Å². The van der Waals surface area contributed by atoms with Gasteiger partial charge in [0.1, 0.15) is 5.60 Å². The van der Waals surface area contributed by atoms with Crippen LogP contribution in [0.25, 0.3) is 0 Å². The molecule has 0 aromatic rings. The quantitative estimate of drug-likeness (QED) is 0.561. The summed E-state index contributed by atoms with van der Waals surface area (Å²) < 4.78 is 31.1. The molecule has 0 N–H and O–H groups in total. The van der Waals surface area contributed by atoms with Crippen molar-refractivity contribution in [1.82, 2.24) is 0 Å². The van der Waals surface area contributed by atoms with E-state index in [0.717, 1.165) is 17.3 Å². The third kappa shape index (κ3) is 2.28. The minimum absolute atomic E-state index is 0.0262. The van der Waals surface area contributed by atoms with Crippen molar-refractivity contribution >= 4 is 22.6 Å². The van der Waals surface area contributed by atoms with Gasteiger partial charge in [-0.3, -0.25) is 0 Å². The van der Waals surface area contributed by atoms with E-state index in [1.807, 2.05) is 0 Å². The predicted molar refractivity (Wildman–Crippen MR) is 52.0 cm³/mol. The smallest absolute Gasteiger partial charge is 0.266 e. The van der Waals surface area contributed by atoms with Crippen LogP contribution in [-0.2, 0) is 4.74 Å². The maximum Gasteiger partial charge on any atom is 0.266 e. The highest BCUT2D eigenvalue weighted by molar-refractivity contribution is 14.1. The summed E-state index contributed by atoms with van der Waals surface area (Å²) in [6, 6.07) is 0. The fourth-order valence-electron chi connectivity index (χ4n) is 1.45. The van der Waals surface area contributed by atoms with E-state index in [1.54, 1.807) is 0 Å². The predicted octanol–water partition coefficient (Wildman–Crippen LogP) is 3.01. The molecule has 0 aliphatic carbocycles. The number of hydrogen-bond acceptors (Lipinski definition) is 1. The molecule has 0 saturated carbocycles. The van der Waals surface area contributed by atoms with E-state index >= 15 is 0 Å². The van der Waals surface area contributed by atoms with Gasteiger partial charge < -0.3 is 4.74 Å². The molecule has 72 valence electrons. The topological polar surface area (TPSA) is 9.23 Å². The normalized spacial score (nSPS) is 37.2. The Kier molecular flexibility index (Phi) is 3.70. The van der Waals surface area contributed by atoms with Gasteiger partial charge in [0, 0.05) is 4.43 Å². The van der Waals surface area contributed by atoms with Crippen molar-refractivity contribution in [2.24, 2.45) is 0 Å². The average molecular weight is 290 g/mol. The lowest BCUT2D eigenvalue weighted by Crippen LogP contribution is -2.44. The molecule has 12 heavy (non-hydrogen) atoms. The number of halogens is 3. The van der Waals surface area contributed by atoms with Crippen molar-refractivity contribution in [3.05, 3.63) is 0 Å². The Balaban J connectivity index is 2.54. The Morgan fingerprint density at radius 2 is 2.33 bits per heavy atom. The minimum Gasteiger partial charge on any atom is -0.365 e. The fourth-order valence-corrected chi connectivity index (χ4v) is 2.07. The number of hydrogen-bond donors (Lipinski definition) is 0. The van der Waals surface area contributed by atoms with E-state index in [1.165, 1.54) is 6.92 Å². The van der Waals surface area contributed by atoms with Crippen LogP contribution in [0, 0.1) is 0 Å². The van der Waals surface area contributed by atoms with Gasteiger partial charge in [0.2, 0.25) is 0 Å². The van der Waals surface area contributed by atoms with Crippen LogP contribution in [-0.4, -0.2) is 22.6 Å². The van der Waals surface area contributed by atoms with Crippen molar-refractivity contribution < 1.29 is 13.5 Å². The summed E-state index contributed by atoms with van der Waals surface area (Å²) in [5.74, 6) is 0. The van der Waals surface area contributed by atoms with E-state index in [4.69, 9.17) is 4.74 Å². The Morgan fingerprint density at radius 1 is 1.67 bits per heavy atom. The molecule has 0 aromatic carbocycles. The number of ether oxygens (including phenoxy) is 1. The molecule has 0 bridgehead atoms. The van der Waals surface area contributed by atoms with E-state index in [9.17, 15) is 8.78 Å². The summed E-state index contributed by atoms with van der Waals surface area (Å²) in [4.78, 5) is 0. The van der Waals surface area contributed by atoms with Crippen LogP contribution in [0.15, 0.2) is 0 Å². The van der Waals surface area contributed by atoms with Gasteiger partial charge in [-0.25, -0.2) is 8.78 Å². The molecule has 4 heteroatoms. The Labute approximate surface area is 85.0 Å². The van der Waals surface area contributed by atoms with Crippen LogP contribution in [0.3, 0.4) is 0 Å². The highest BCUT2D eigenvalue weighted by Gasteiger charge is 2.40. The van der Waals surface area contributed by atoms with Gasteiger partial charge in [0.25, 0.3) is 6.43 Å². The molecule has 0 aromatic heterocycles. The monoisotopic (exact) mass is 290 g/mol. The van der Waals surface area contributed by atoms with E-state index in [0.29, 0.717) is 6.42 Å². The molecule has 0 spiro atoms. The zero-order chi connectivity index (χ0) is 9.19. The van der Waals surface area contributed by atoms with Crippen LogP contribution in [0.4, 0.5) is 8.78 Å². The zero-order valence-electron chi connectivity index (χ0n) is 7.03. The first-order chi connectivity index (χ1) is 5.58. The maximum absolute atomic E-state index is 12.5. The molecule has 2 unspecified atom stereocenters. The Morgan fingerprint density at radius 3 is 2.83 bits per heavy atom. The summed E-state index contributed by atoms with van der Waals surface area (Å²) in [6.45, 7) is 1.51. The largest absolute Gasteiger partial charge is 0.365 e. The molecule has 1 heterocycles. The first kappa shape index (κ1) is 10.6. The third-order valence-corrected chi connectivity index (χ3v) is 3.25. The van der Waals surface area contributed by atoms with Crippen molar-refractivity contribution in [3.8, 4) is 0 Å². The molecule has 1 rings (SSSR count). The van der Waals surface area contributed by atoms with E-state index < -0.39 is 12.0 Å². The molecular weight excluding hydrogens is 277 g/mol. The fraction of sp³-hybridized carbons (Fsp3) is 1.00. The van der Waals surface area contributed by atoms with Crippen molar-refractivity contribution in [2.75, 3.05) is 4.43 Å². The summed E-state index contributed by atoms with van der Waals surface area (Å²) in [5, 5.41) is 0. The third-order valence-electron chi connectivity index (χ3n) is 2.27. The van der Waals surface area contributed by atoms with Crippen LogP contribution >= 0.6 is 22.6 Å². The van der Waals surface area contributed by atoms with Gasteiger partial charge in [-0.1, -0.05) is 22.6 Å². The first-order valence-electron chi connectivity index (χ1n) is 4.10. The first-order valence-corrected chi connectivity index (χ1v) is 5.63. The molecule has 2 atom stereocenters. The van der Waals surface area contributed by atoms with Crippen LogP contribution in [0.5, 0.6) is 0 Å². The highest BCUT2D eigenvalue weighted by Crippen LogP contribution is 2.33. The van der Waals surface area contributed by atoms with Gasteiger partial charge in [-0.2, -0.15) is 0 Å². The summed E-state index contributed by atoms with van der Waals surface area (Å²) in [5.41, 5.74) is -1.19. The maximum atomic E-state index is 12.5. The van der Waals surface area contributed by atoms with Gasteiger partial charge in [0.05, 0.1) is 6.10 Å². The van der Waals surface area contributed by atoms with E-state index in [-0.39, 0.29) is 6.10 Å². The Hall–Kier alpha value is 0.550. The lowest BCUT2D eigenvalue weighted by atomic mass is 9.94. The molecule has 1 nitrogen and oxygen atoms in total. The lowest BCUT2D eigenvalue weighted by molar-refractivity contribution is -0.178. The average Bonchev–Trinajstić information content (AvgIpc) is 2.04. The minimum atomic E-state index is -2.36. The van der Waals surface area contributed by atoms with Gasteiger partial charge in [-0.05, 0) is 26.2 Å². The van der Waals surface area contributed by atoms with Gasteiger partial charge in [-0.15, -0.1) is 0 Å². The number of rotatable bonds is 2. The van der Waals surface area contributed by atoms with Gasteiger partial charge in [0.15, 0.2) is 0 Å². The molecule has 1 aliphatic heterocycles. The van der Waals surface area contributed by atoms with Gasteiger partial charge >= 0.3 is 0 Å². The lowest BCUT2D eigenvalue weighted by Gasteiger charge is -2.37. The molecule has 1 aliphatic rings. The SMILES string of the molecule is CC1(C(F)F)CCCC(CI)O1. The molecule has 0 radical (unpaired) electrons. The zero-order valence-corrected chi connectivity index (χ0v) is 9.18. The summed E-state index contributed by atoms with van der Waals surface area (Å²) >= 11 is 2.18.